The molecule has 1 aromatic heterocycles. The van der Waals surface area contributed by atoms with Gasteiger partial charge >= 0.3 is 0 Å². The normalized spacial score (nSPS) is 31.3. The van der Waals surface area contributed by atoms with Gasteiger partial charge in [-0.25, -0.2) is 0 Å². The molecule has 0 bridgehead atoms. The monoisotopic (exact) mass is 291 g/mol. The molecule has 1 saturated heterocycles. The van der Waals surface area contributed by atoms with Gasteiger partial charge < -0.3 is 9.84 Å². The molecule has 1 aromatic rings. The molecule has 3 atom stereocenters. The van der Waals surface area contributed by atoms with E-state index in [1.54, 1.807) is 0 Å². The Morgan fingerprint density at radius 2 is 2.05 bits per heavy atom. The second-order valence-electron chi connectivity index (χ2n) is 7.69. The van der Waals surface area contributed by atoms with Crippen LogP contribution in [0.25, 0.3) is 0 Å². The predicted octanol–water partition coefficient (Wildman–Crippen LogP) is 3.64. The van der Waals surface area contributed by atoms with Crippen LogP contribution in [0.2, 0.25) is 0 Å². The van der Waals surface area contributed by atoms with Crippen LogP contribution in [0.5, 0.6) is 0 Å². The second kappa shape index (κ2) is 6.07. The zero-order valence-corrected chi connectivity index (χ0v) is 13.7. The van der Waals surface area contributed by atoms with Gasteiger partial charge in [-0.15, -0.1) is 0 Å². The van der Waals surface area contributed by atoms with Crippen molar-refractivity contribution in [1.29, 1.82) is 0 Å². The molecule has 1 aliphatic heterocycles. The van der Waals surface area contributed by atoms with Crippen LogP contribution in [0.3, 0.4) is 0 Å². The summed E-state index contributed by atoms with van der Waals surface area (Å²) in [7, 11) is 0. The number of nitrogens with zero attached hydrogens (tertiary/aromatic N) is 2. The molecule has 0 radical (unpaired) electrons. The highest BCUT2D eigenvalue weighted by molar-refractivity contribution is 5.07. The third kappa shape index (κ3) is 3.15. The zero-order valence-electron chi connectivity index (χ0n) is 13.7. The minimum atomic E-state index is -0.0288. The number of hydrogen-bond donors (Lipinski definition) is 1. The van der Waals surface area contributed by atoms with Gasteiger partial charge in [0.2, 0.25) is 5.89 Å². The first-order chi connectivity index (χ1) is 10.1. The zero-order chi connectivity index (χ0) is 14.9. The Hall–Kier alpha value is -0.900. The largest absolute Gasteiger partial charge is 0.339 e. The fourth-order valence-corrected chi connectivity index (χ4v) is 3.97. The fourth-order valence-electron chi connectivity index (χ4n) is 3.97. The Kier molecular flexibility index (Phi) is 4.34. The van der Waals surface area contributed by atoms with E-state index < -0.39 is 0 Å². The van der Waals surface area contributed by atoms with E-state index in [-0.39, 0.29) is 5.41 Å². The molecule has 4 nitrogen and oxygen atoms in total. The summed E-state index contributed by atoms with van der Waals surface area (Å²) < 4.78 is 5.68. The molecule has 2 heterocycles. The van der Waals surface area contributed by atoms with Crippen molar-refractivity contribution in [3.8, 4) is 0 Å². The number of rotatable bonds is 3. The standard InChI is InChI=1S/C17H29N3O/c1-12-6-4-7-13(10-12)15-19-16(21-20-15)17(2,3)14-8-5-9-18-11-14/h12-14,18H,4-11H2,1-3H3. The van der Waals surface area contributed by atoms with Crippen LogP contribution < -0.4 is 5.32 Å². The van der Waals surface area contributed by atoms with Crippen LogP contribution in [0.4, 0.5) is 0 Å². The minimum absolute atomic E-state index is 0.0288. The summed E-state index contributed by atoms with van der Waals surface area (Å²) in [5.41, 5.74) is -0.0288. The summed E-state index contributed by atoms with van der Waals surface area (Å²) in [6.45, 7) is 9.05. The SMILES string of the molecule is CC1CCCC(c2noc(C(C)(C)C3CCCNC3)n2)C1. The van der Waals surface area contributed by atoms with Crippen LogP contribution in [0.15, 0.2) is 4.52 Å². The summed E-state index contributed by atoms with van der Waals surface area (Å²) >= 11 is 0. The molecule has 2 aliphatic rings. The van der Waals surface area contributed by atoms with E-state index in [9.17, 15) is 0 Å². The van der Waals surface area contributed by atoms with Gasteiger partial charge in [0.15, 0.2) is 5.82 Å². The molecule has 1 N–H and O–H groups in total. The van der Waals surface area contributed by atoms with Crippen LogP contribution in [0, 0.1) is 11.8 Å². The van der Waals surface area contributed by atoms with Gasteiger partial charge in [-0.1, -0.05) is 38.8 Å². The van der Waals surface area contributed by atoms with Crippen LogP contribution >= 0.6 is 0 Å². The number of nitrogens with one attached hydrogen (secondary N) is 1. The van der Waals surface area contributed by atoms with Crippen molar-refractivity contribution < 1.29 is 4.52 Å². The molecular weight excluding hydrogens is 262 g/mol. The second-order valence-corrected chi connectivity index (χ2v) is 7.69. The average Bonchev–Trinajstić information content (AvgIpc) is 2.99. The van der Waals surface area contributed by atoms with Crippen molar-refractivity contribution in [2.45, 2.75) is 70.6 Å². The van der Waals surface area contributed by atoms with Crippen molar-refractivity contribution in [2.24, 2.45) is 11.8 Å². The lowest BCUT2D eigenvalue weighted by Gasteiger charge is -2.34. The van der Waals surface area contributed by atoms with Gasteiger partial charge in [0.05, 0.1) is 0 Å². The highest BCUT2D eigenvalue weighted by atomic mass is 16.5. The van der Waals surface area contributed by atoms with Gasteiger partial charge in [0.1, 0.15) is 0 Å². The van der Waals surface area contributed by atoms with E-state index in [1.165, 1.54) is 38.5 Å². The van der Waals surface area contributed by atoms with Crippen molar-refractivity contribution in [1.82, 2.24) is 15.5 Å². The summed E-state index contributed by atoms with van der Waals surface area (Å²) in [5, 5.41) is 7.83. The Labute approximate surface area is 128 Å². The highest BCUT2D eigenvalue weighted by Crippen LogP contribution is 2.38. The molecule has 4 heteroatoms. The first-order valence-corrected chi connectivity index (χ1v) is 8.62. The lowest BCUT2D eigenvalue weighted by Crippen LogP contribution is -2.41. The third-order valence-electron chi connectivity index (χ3n) is 5.61. The van der Waals surface area contributed by atoms with Crippen molar-refractivity contribution in [2.75, 3.05) is 13.1 Å². The molecule has 0 spiro atoms. The van der Waals surface area contributed by atoms with E-state index in [2.05, 4.69) is 31.2 Å². The number of aromatic nitrogens is 2. The van der Waals surface area contributed by atoms with E-state index >= 15 is 0 Å². The molecule has 118 valence electrons. The smallest absolute Gasteiger partial charge is 0.232 e. The summed E-state index contributed by atoms with van der Waals surface area (Å²) in [5.74, 6) is 3.68. The molecule has 2 fully saturated rings. The Bertz CT molecular complexity index is 462. The van der Waals surface area contributed by atoms with Crippen molar-refractivity contribution >= 4 is 0 Å². The summed E-state index contributed by atoms with van der Waals surface area (Å²) in [6, 6.07) is 0. The molecule has 3 unspecified atom stereocenters. The molecule has 1 aliphatic carbocycles. The van der Waals surface area contributed by atoms with E-state index in [4.69, 9.17) is 9.51 Å². The molecule has 0 aromatic carbocycles. The van der Waals surface area contributed by atoms with Gasteiger partial charge in [0, 0.05) is 11.3 Å². The molecule has 1 saturated carbocycles. The van der Waals surface area contributed by atoms with Gasteiger partial charge in [0.25, 0.3) is 0 Å². The maximum Gasteiger partial charge on any atom is 0.232 e. The topological polar surface area (TPSA) is 51.0 Å². The Balaban J connectivity index is 1.74. The Morgan fingerprint density at radius 3 is 2.76 bits per heavy atom. The van der Waals surface area contributed by atoms with E-state index in [0.717, 1.165) is 30.7 Å². The van der Waals surface area contributed by atoms with Crippen LogP contribution in [-0.2, 0) is 5.41 Å². The lowest BCUT2D eigenvalue weighted by atomic mass is 9.75. The molecule has 21 heavy (non-hydrogen) atoms. The number of piperidine rings is 1. The molecular formula is C17H29N3O. The summed E-state index contributed by atoms with van der Waals surface area (Å²) in [4.78, 5) is 4.81. The maximum atomic E-state index is 5.68. The van der Waals surface area contributed by atoms with Gasteiger partial charge in [-0.3, -0.25) is 0 Å². The summed E-state index contributed by atoms with van der Waals surface area (Å²) in [6.07, 6.45) is 7.57. The van der Waals surface area contributed by atoms with Gasteiger partial charge in [-0.05, 0) is 50.6 Å². The predicted molar refractivity (Wildman–Crippen MR) is 83.3 cm³/mol. The molecule has 0 amide bonds. The van der Waals surface area contributed by atoms with Crippen molar-refractivity contribution in [3.63, 3.8) is 0 Å². The minimum Gasteiger partial charge on any atom is -0.339 e. The average molecular weight is 291 g/mol. The maximum absolute atomic E-state index is 5.68. The van der Waals surface area contributed by atoms with E-state index in [0.29, 0.717) is 11.8 Å². The third-order valence-corrected chi connectivity index (χ3v) is 5.61. The van der Waals surface area contributed by atoms with Crippen LogP contribution in [-0.4, -0.2) is 23.2 Å². The lowest BCUT2D eigenvalue weighted by molar-refractivity contribution is 0.196. The Morgan fingerprint density at radius 1 is 1.19 bits per heavy atom. The molecule has 3 rings (SSSR count). The van der Waals surface area contributed by atoms with Crippen LogP contribution in [0.1, 0.15) is 76.9 Å². The van der Waals surface area contributed by atoms with Crippen molar-refractivity contribution in [3.05, 3.63) is 11.7 Å². The number of hydrogen-bond acceptors (Lipinski definition) is 4. The first kappa shape index (κ1) is 15.0. The van der Waals surface area contributed by atoms with Gasteiger partial charge in [-0.2, -0.15) is 4.98 Å². The van der Waals surface area contributed by atoms with E-state index in [1.807, 2.05) is 0 Å². The first-order valence-electron chi connectivity index (χ1n) is 8.62. The fraction of sp³-hybridized carbons (Fsp3) is 0.882. The quantitative estimate of drug-likeness (QED) is 0.923. The highest BCUT2D eigenvalue weighted by Gasteiger charge is 2.38.